The van der Waals surface area contributed by atoms with E-state index in [1.54, 1.807) is 30.3 Å². The number of ether oxygens (including phenoxy) is 1. The molecule has 0 spiro atoms. The predicted molar refractivity (Wildman–Crippen MR) is 75.2 cm³/mol. The minimum absolute atomic E-state index is 0.409. The molecule has 0 fully saturated rings. The minimum atomic E-state index is -0.409. The number of carbonyl (C=O) groups excluding carboxylic acids is 1. The third-order valence-electron chi connectivity index (χ3n) is 2.94. The fraction of sp³-hybridized carbons (Fsp3) is 0.0667. The number of nitrogen functional groups attached to an aromatic ring is 1. The fourth-order valence-electron chi connectivity index (χ4n) is 1.96. The molecule has 1 heterocycles. The first-order valence-corrected chi connectivity index (χ1v) is 6.02. The molecule has 0 aliphatic carbocycles. The summed E-state index contributed by atoms with van der Waals surface area (Å²) in [7, 11) is 1.34. The molecule has 5 heteroatoms. The molecule has 0 aliphatic rings. The molecule has 0 saturated heterocycles. The van der Waals surface area contributed by atoms with E-state index in [0.717, 1.165) is 5.56 Å². The number of esters is 1. The molecule has 5 nitrogen and oxygen atoms in total. The number of hydrogen-bond donors (Lipinski definition) is 1. The van der Waals surface area contributed by atoms with Gasteiger partial charge in [-0.1, -0.05) is 6.07 Å². The number of rotatable bonds is 2. The van der Waals surface area contributed by atoms with Gasteiger partial charge in [-0.2, -0.15) is 0 Å². The molecule has 2 N–H and O–H groups in total. The van der Waals surface area contributed by atoms with Gasteiger partial charge in [-0.3, -0.25) is 0 Å². The Bertz CT molecular complexity index is 793. The zero-order valence-electron chi connectivity index (χ0n) is 10.8. The highest BCUT2D eigenvalue weighted by Gasteiger charge is 2.12. The van der Waals surface area contributed by atoms with Gasteiger partial charge in [0.1, 0.15) is 5.52 Å². The Kier molecular flexibility index (Phi) is 2.87. The van der Waals surface area contributed by atoms with Gasteiger partial charge in [0.25, 0.3) is 0 Å². The van der Waals surface area contributed by atoms with Gasteiger partial charge in [0.05, 0.1) is 12.7 Å². The molecule has 0 amide bonds. The number of nitrogens with two attached hydrogens (primary N) is 1. The highest BCUT2D eigenvalue weighted by atomic mass is 16.5. The second-order valence-corrected chi connectivity index (χ2v) is 4.32. The number of oxazole rings is 1. The van der Waals surface area contributed by atoms with E-state index in [0.29, 0.717) is 28.2 Å². The maximum absolute atomic E-state index is 11.5. The maximum atomic E-state index is 11.5. The van der Waals surface area contributed by atoms with Gasteiger partial charge in [-0.05, 0) is 36.4 Å². The summed E-state index contributed by atoms with van der Waals surface area (Å²) in [5.74, 6) is 0.0584. The summed E-state index contributed by atoms with van der Waals surface area (Å²) in [6.45, 7) is 0. The fourth-order valence-corrected chi connectivity index (χ4v) is 1.96. The number of hydrogen-bond acceptors (Lipinski definition) is 5. The van der Waals surface area contributed by atoms with Gasteiger partial charge in [0.2, 0.25) is 5.89 Å². The SMILES string of the molecule is COC(=O)c1ccc2nc(-c3cccc(N)c3)oc2c1. The number of benzene rings is 2. The van der Waals surface area contributed by atoms with E-state index >= 15 is 0 Å². The minimum Gasteiger partial charge on any atom is -0.465 e. The molecule has 0 saturated carbocycles. The standard InChI is InChI=1S/C15H12N2O3/c1-19-15(18)10-5-6-12-13(8-10)20-14(17-12)9-3-2-4-11(16)7-9/h2-8H,16H2,1H3. The van der Waals surface area contributed by atoms with E-state index in [1.807, 2.05) is 12.1 Å². The lowest BCUT2D eigenvalue weighted by Crippen LogP contribution is -2.00. The van der Waals surface area contributed by atoms with Crippen molar-refractivity contribution in [1.82, 2.24) is 4.98 Å². The van der Waals surface area contributed by atoms with Crippen LogP contribution in [0.4, 0.5) is 5.69 Å². The largest absolute Gasteiger partial charge is 0.465 e. The number of fused-ring (bicyclic) bond motifs is 1. The Labute approximate surface area is 115 Å². The molecule has 3 rings (SSSR count). The zero-order valence-corrected chi connectivity index (χ0v) is 10.8. The molecule has 20 heavy (non-hydrogen) atoms. The lowest BCUT2D eigenvalue weighted by atomic mass is 10.2. The first-order chi connectivity index (χ1) is 9.67. The monoisotopic (exact) mass is 268 g/mol. The molecule has 0 atom stereocenters. The van der Waals surface area contributed by atoms with Crippen molar-refractivity contribution in [3.05, 3.63) is 48.0 Å². The highest BCUT2D eigenvalue weighted by Crippen LogP contribution is 2.26. The summed E-state index contributed by atoms with van der Waals surface area (Å²) in [5, 5.41) is 0. The van der Waals surface area contributed by atoms with E-state index in [4.69, 9.17) is 10.2 Å². The van der Waals surface area contributed by atoms with E-state index < -0.39 is 5.97 Å². The van der Waals surface area contributed by atoms with Crippen LogP contribution in [-0.2, 0) is 4.74 Å². The van der Waals surface area contributed by atoms with Crippen molar-refractivity contribution in [3.63, 3.8) is 0 Å². The van der Waals surface area contributed by atoms with Crippen LogP contribution in [0.5, 0.6) is 0 Å². The maximum Gasteiger partial charge on any atom is 0.337 e. The first kappa shape index (κ1) is 12.2. The molecular weight excluding hydrogens is 256 g/mol. The third-order valence-corrected chi connectivity index (χ3v) is 2.94. The van der Waals surface area contributed by atoms with E-state index in [9.17, 15) is 4.79 Å². The molecule has 100 valence electrons. The van der Waals surface area contributed by atoms with Crippen LogP contribution in [0.15, 0.2) is 46.9 Å². The van der Waals surface area contributed by atoms with Crippen LogP contribution in [0.2, 0.25) is 0 Å². The highest BCUT2D eigenvalue weighted by molar-refractivity contribution is 5.93. The number of aromatic nitrogens is 1. The molecule has 0 aliphatic heterocycles. The summed E-state index contributed by atoms with van der Waals surface area (Å²) < 4.78 is 10.3. The van der Waals surface area contributed by atoms with Crippen molar-refractivity contribution in [3.8, 4) is 11.5 Å². The van der Waals surface area contributed by atoms with Crippen LogP contribution in [-0.4, -0.2) is 18.1 Å². The van der Waals surface area contributed by atoms with Gasteiger partial charge in [-0.25, -0.2) is 9.78 Å². The van der Waals surface area contributed by atoms with Gasteiger partial charge in [0, 0.05) is 11.3 Å². The molecule has 1 aromatic heterocycles. The Morgan fingerprint density at radius 1 is 1.25 bits per heavy atom. The Balaban J connectivity index is 2.09. The van der Waals surface area contributed by atoms with Crippen LogP contribution in [0.25, 0.3) is 22.6 Å². The number of nitrogens with zero attached hydrogens (tertiary/aromatic N) is 1. The predicted octanol–water partition coefficient (Wildman–Crippen LogP) is 2.86. The normalized spacial score (nSPS) is 10.7. The van der Waals surface area contributed by atoms with Crippen molar-refractivity contribution < 1.29 is 13.9 Å². The molecule has 3 aromatic rings. The van der Waals surface area contributed by atoms with Crippen LogP contribution in [0.3, 0.4) is 0 Å². The lowest BCUT2D eigenvalue weighted by molar-refractivity contribution is 0.0601. The summed E-state index contributed by atoms with van der Waals surface area (Å²) >= 11 is 0. The second kappa shape index (κ2) is 4.70. The molecule has 2 aromatic carbocycles. The average Bonchev–Trinajstić information content (AvgIpc) is 2.89. The Morgan fingerprint density at radius 3 is 2.85 bits per heavy atom. The van der Waals surface area contributed by atoms with Crippen molar-refractivity contribution in [2.24, 2.45) is 0 Å². The van der Waals surface area contributed by atoms with Crippen molar-refractivity contribution in [1.29, 1.82) is 0 Å². The number of methoxy groups -OCH3 is 1. The topological polar surface area (TPSA) is 78.3 Å². The Morgan fingerprint density at radius 2 is 2.10 bits per heavy atom. The smallest absolute Gasteiger partial charge is 0.337 e. The van der Waals surface area contributed by atoms with Crippen molar-refractivity contribution in [2.75, 3.05) is 12.8 Å². The second-order valence-electron chi connectivity index (χ2n) is 4.32. The van der Waals surface area contributed by atoms with Gasteiger partial charge in [0.15, 0.2) is 5.58 Å². The van der Waals surface area contributed by atoms with Crippen molar-refractivity contribution in [2.45, 2.75) is 0 Å². The van der Waals surface area contributed by atoms with Gasteiger partial charge < -0.3 is 14.9 Å². The van der Waals surface area contributed by atoms with Crippen LogP contribution in [0, 0.1) is 0 Å². The Hall–Kier alpha value is -2.82. The van der Waals surface area contributed by atoms with Crippen LogP contribution >= 0.6 is 0 Å². The van der Waals surface area contributed by atoms with Crippen LogP contribution < -0.4 is 5.73 Å². The molecule has 0 bridgehead atoms. The quantitative estimate of drug-likeness (QED) is 0.571. The average molecular weight is 268 g/mol. The summed E-state index contributed by atoms with van der Waals surface area (Å²) in [6.07, 6.45) is 0. The molecule has 0 radical (unpaired) electrons. The molecule has 0 unspecified atom stereocenters. The van der Waals surface area contributed by atoms with E-state index in [-0.39, 0.29) is 0 Å². The summed E-state index contributed by atoms with van der Waals surface area (Å²) in [5.41, 5.74) is 8.81. The summed E-state index contributed by atoms with van der Waals surface area (Å²) in [6, 6.07) is 12.3. The molecular formula is C15H12N2O3. The lowest BCUT2D eigenvalue weighted by Gasteiger charge is -1.97. The van der Waals surface area contributed by atoms with E-state index in [2.05, 4.69) is 9.72 Å². The van der Waals surface area contributed by atoms with Gasteiger partial charge >= 0.3 is 5.97 Å². The number of anilines is 1. The van der Waals surface area contributed by atoms with Crippen LogP contribution in [0.1, 0.15) is 10.4 Å². The van der Waals surface area contributed by atoms with Crippen molar-refractivity contribution >= 4 is 22.8 Å². The third kappa shape index (κ3) is 2.09. The number of carbonyl (C=O) groups is 1. The zero-order chi connectivity index (χ0) is 14.1. The summed E-state index contributed by atoms with van der Waals surface area (Å²) in [4.78, 5) is 15.9. The van der Waals surface area contributed by atoms with E-state index in [1.165, 1.54) is 7.11 Å². The first-order valence-electron chi connectivity index (χ1n) is 6.02. The van der Waals surface area contributed by atoms with Gasteiger partial charge in [-0.15, -0.1) is 0 Å².